The van der Waals surface area contributed by atoms with E-state index in [-0.39, 0.29) is 10.4 Å². The summed E-state index contributed by atoms with van der Waals surface area (Å²) in [5.41, 5.74) is 0. The van der Waals surface area contributed by atoms with Crippen LogP contribution in [0.1, 0.15) is 0 Å². The van der Waals surface area contributed by atoms with Crippen molar-refractivity contribution in [2.75, 3.05) is 0 Å². The van der Waals surface area contributed by atoms with Gasteiger partial charge in [0.15, 0.2) is 10.8 Å². The zero-order valence-electron chi connectivity index (χ0n) is 6.51. The van der Waals surface area contributed by atoms with E-state index in [1.165, 1.54) is 12.1 Å². The average molecular weight is 232 g/mol. The van der Waals surface area contributed by atoms with Gasteiger partial charge in [-0.3, -0.25) is 10.1 Å². The fraction of sp³-hybridized carbons (Fsp3) is 0. The predicted octanol–water partition coefficient (Wildman–Crippen LogP) is 2.36. The Morgan fingerprint density at radius 3 is 2.79 bits per heavy atom. The lowest BCUT2D eigenvalue weighted by atomic mass is 10.5. The molecule has 0 saturated heterocycles. The lowest BCUT2D eigenvalue weighted by Gasteiger charge is -1.84. The molecule has 0 aliphatic rings. The first kappa shape index (κ1) is 9.10. The summed E-state index contributed by atoms with van der Waals surface area (Å²) in [4.78, 5) is 9.68. The highest BCUT2D eigenvalue weighted by molar-refractivity contribution is 7.18. The Labute approximate surface area is 86.3 Å². The topological polar surface area (TPSA) is 82.1 Å². The van der Waals surface area contributed by atoms with Gasteiger partial charge in [-0.15, -0.1) is 10.2 Å². The van der Waals surface area contributed by atoms with Gasteiger partial charge >= 0.3 is 5.88 Å². The maximum absolute atomic E-state index is 10.3. The van der Waals surface area contributed by atoms with E-state index in [1.54, 1.807) is 0 Å². The minimum absolute atomic E-state index is 0.263. The number of furan rings is 1. The van der Waals surface area contributed by atoms with E-state index < -0.39 is 4.92 Å². The Morgan fingerprint density at radius 1 is 1.50 bits per heavy atom. The van der Waals surface area contributed by atoms with E-state index in [9.17, 15) is 10.1 Å². The third kappa shape index (κ3) is 1.59. The van der Waals surface area contributed by atoms with Crippen LogP contribution in [0.25, 0.3) is 10.8 Å². The minimum Gasteiger partial charge on any atom is -0.398 e. The number of aromatic nitrogens is 2. The predicted molar refractivity (Wildman–Crippen MR) is 49.3 cm³/mol. The van der Waals surface area contributed by atoms with Crippen molar-refractivity contribution >= 4 is 28.8 Å². The van der Waals surface area contributed by atoms with E-state index in [0.29, 0.717) is 10.8 Å². The molecule has 0 unspecified atom stereocenters. The summed E-state index contributed by atoms with van der Waals surface area (Å²) in [5.74, 6) is -0.0348. The van der Waals surface area contributed by atoms with Gasteiger partial charge in [0.05, 0.1) is 6.07 Å². The molecule has 0 N–H and O–H groups in total. The molecule has 0 amide bonds. The van der Waals surface area contributed by atoms with Crippen LogP contribution in [0.3, 0.4) is 0 Å². The van der Waals surface area contributed by atoms with Crippen molar-refractivity contribution in [3.8, 4) is 10.8 Å². The second-order valence-electron chi connectivity index (χ2n) is 2.26. The first-order valence-corrected chi connectivity index (χ1v) is 4.60. The first-order valence-electron chi connectivity index (χ1n) is 3.40. The molecular formula is C6H2ClN3O3S. The average Bonchev–Trinajstić information content (AvgIpc) is 2.70. The lowest BCUT2D eigenvalue weighted by Crippen LogP contribution is -1.82. The smallest absolute Gasteiger partial charge is 0.398 e. The molecule has 0 bridgehead atoms. The Morgan fingerprint density at radius 2 is 2.29 bits per heavy atom. The van der Waals surface area contributed by atoms with E-state index in [4.69, 9.17) is 16.0 Å². The standard InChI is InChI=1S/C6H2ClN3O3S/c7-6-9-8-5(14-6)3-1-2-4(13-3)10(11)12/h1-2H. The molecule has 2 aromatic heterocycles. The van der Waals surface area contributed by atoms with Crippen LogP contribution in [0.2, 0.25) is 4.47 Å². The van der Waals surface area contributed by atoms with Crippen molar-refractivity contribution in [2.24, 2.45) is 0 Å². The van der Waals surface area contributed by atoms with E-state index >= 15 is 0 Å². The molecule has 8 heteroatoms. The van der Waals surface area contributed by atoms with Crippen LogP contribution in [0, 0.1) is 10.1 Å². The first-order chi connectivity index (χ1) is 6.66. The highest BCUT2D eigenvalue weighted by Crippen LogP contribution is 2.29. The summed E-state index contributed by atoms with van der Waals surface area (Å²) in [6, 6.07) is 2.71. The van der Waals surface area contributed by atoms with Gasteiger partial charge in [0, 0.05) is 0 Å². The molecule has 2 heterocycles. The Balaban J connectivity index is 2.38. The molecule has 0 aromatic carbocycles. The summed E-state index contributed by atoms with van der Waals surface area (Å²) < 4.78 is 5.16. The Bertz CT molecular complexity index is 480. The van der Waals surface area contributed by atoms with Crippen LogP contribution in [-0.4, -0.2) is 15.1 Å². The molecular weight excluding hydrogens is 230 g/mol. The zero-order valence-corrected chi connectivity index (χ0v) is 8.08. The minimum atomic E-state index is -0.619. The maximum Gasteiger partial charge on any atom is 0.433 e. The fourth-order valence-corrected chi connectivity index (χ4v) is 1.64. The van der Waals surface area contributed by atoms with Crippen molar-refractivity contribution in [3.63, 3.8) is 0 Å². The molecule has 2 aromatic rings. The highest BCUT2D eigenvalue weighted by Gasteiger charge is 2.15. The summed E-state index contributed by atoms with van der Waals surface area (Å²) >= 11 is 6.64. The Kier molecular flexibility index (Phi) is 2.18. The third-order valence-corrected chi connectivity index (χ3v) is 2.42. The number of hydrogen-bond acceptors (Lipinski definition) is 6. The molecule has 0 radical (unpaired) electrons. The maximum atomic E-state index is 10.3. The van der Waals surface area contributed by atoms with Crippen molar-refractivity contribution in [2.45, 2.75) is 0 Å². The van der Waals surface area contributed by atoms with Gasteiger partial charge in [-0.05, 0) is 17.7 Å². The normalized spacial score (nSPS) is 10.4. The fourth-order valence-electron chi connectivity index (χ4n) is 0.846. The molecule has 0 aliphatic heterocycles. The van der Waals surface area contributed by atoms with Crippen LogP contribution >= 0.6 is 22.9 Å². The molecule has 6 nitrogen and oxygen atoms in total. The van der Waals surface area contributed by atoms with E-state index in [2.05, 4.69) is 10.2 Å². The van der Waals surface area contributed by atoms with Crippen LogP contribution in [-0.2, 0) is 0 Å². The van der Waals surface area contributed by atoms with Gasteiger partial charge in [-0.1, -0.05) is 11.3 Å². The van der Waals surface area contributed by atoms with Crippen molar-refractivity contribution in [3.05, 3.63) is 26.7 Å². The molecule has 0 spiro atoms. The third-order valence-electron chi connectivity index (χ3n) is 1.38. The molecule has 0 fully saturated rings. The number of rotatable bonds is 2. The van der Waals surface area contributed by atoms with Gasteiger partial charge in [-0.2, -0.15) is 0 Å². The largest absolute Gasteiger partial charge is 0.433 e. The molecule has 14 heavy (non-hydrogen) atoms. The van der Waals surface area contributed by atoms with Gasteiger partial charge in [0.1, 0.15) is 4.92 Å². The lowest BCUT2D eigenvalue weighted by molar-refractivity contribution is -0.401. The SMILES string of the molecule is O=[N+]([O-])c1ccc(-c2nnc(Cl)s2)o1. The summed E-state index contributed by atoms with van der Waals surface area (Å²) in [6.07, 6.45) is 0. The molecule has 0 atom stereocenters. The number of nitrogens with zero attached hydrogens (tertiary/aromatic N) is 3. The van der Waals surface area contributed by atoms with E-state index in [0.717, 1.165) is 11.3 Å². The summed E-state index contributed by atoms with van der Waals surface area (Å²) in [7, 11) is 0. The molecule has 72 valence electrons. The molecule has 0 aliphatic carbocycles. The van der Waals surface area contributed by atoms with Gasteiger partial charge in [0.25, 0.3) is 0 Å². The van der Waals surface area contributed by atoms with Gasteiger partial charge in [0.2, 0.25) is 4.47 Å². The Hall–Kier alpha value is -1.47. The molecule has 2 rings (SSSR count). The summed E-state index contributed by atoms with van der Waals surface area (Å²) in [6.45, 7) is 0. The van der Waals surface area contributed by atoms with Crippen LogP contribution in [0.15, 0.2) is 16.5 Å². The zero-order chi connectivity index (χ0) is 10.1. The summed E-state index contributed by atoms with van der Waals surface area (Å²) in [5, 5.41) is 18.0. The van der Waals surface area contributed by atoms with Crippen LogP contribution in [0.4, 0.5) is 5.88 Å². The second kappa shape index (κ2) is 3.35. The number of nitro groups is 1. The van der Waals surface area contributed by atoms with Crippen LogP contribution in [0.5, 0.6) is 0 Å². The number of hydrogen-bond donors (Lipinski definition) is 0. The number of halogens is 1. The van der Waals surface area contributed by atoms with Gasteiger partial charge in [-0.25, -0.2) is 0 Å². The van der Waals surface area contributed by atoms with Crippen molar-refractivity contribution in [1.82, 2.24) is 10.2 Å². The second-order valence-corrected chi connectivity index (χ2v) is 3.81. The van der Waals surface area contributed by atoms with E-state index in [1.807, 2.05) is 0 Å². The van der Waals surface area contributed by atoms with Gasteiger partial charge < -0.3 is 4.42 Å². The quantitative estimate of drug-likeness (QED) is 0.585. The monoisotopic (exact) mass is 231 g/mol. The highest BCUT2D eigenvalue weighted by atomic mass is 35.5. The van der Waals surface area contributed by atoms with Crippen molar-refractivity contribution < 1.29 is 9.34 Å². The molecule has 0 saturated carbocycles. The van der Waals surface area contributed by atoms with Crippen LogP contribution < -0.4 is 0 Å². The van der Waals surface area contributed by atoms with Crippen molar-refractivity contribution in [1.29, 1.82) is 0 Å².